The molecule has 0 aromatic heterocycles. The van der Waals surface area contributed by atoms with Gasteiger partial charge in [-0.05, 0) is 31.2 Å². The quantitative estimate of drug-likeness (QED) is 0.818. The van der Waals surface area contributed by atoms with Crippen LogP contribution in [0.3, 0.4) is 0 Å². The van der Waals surface area contributed by atoms with Gasteiger partial charge in [0.25, 0.3) is 0 Å². The molecule has 0 saturated heterocycles. The first kappa shape index (κ1) is 17.3. The van der Waals surface area contributed by atoms with E-state index in [1.807, 2.05) is 0 Å². The van der Waals surface area contributed by atoms with Gasteiger partial charge in [0.2, 0.25) is 5.91 Å². The first-order valence-corrected chi connectivity index (χ1v) is 7.36. The molecule has 3 nitrogen and oxygen atoms in total. The lowest BCUT2D eigenvalue weighted by Gasteiger charge is -2.37. The summed E-state index contributed by atoms with van der Waals surface area (Å²) in [5, 5.41) is 0. The maximum atomic E-state index is 12.5. The highest BCUT2D eigenvalue weighted by atomic mass is 19.4. The molecule has 0 heterocycles. The summed E-state index contributed by atoms with van der Waals surface area (Å²) in [7, 11) is 0. The maximum absolute atomic E-state index is 12.5. The van der Waals surface area contributed by atoms with Crippen molar-refractivity contribution in [2.45, 2.75) is 58.0 Å². The number of rotatable bonds is 6. The lowest BCUT2D eigenvalue weighted by molar-refractivity contribution is -0.163. The van der Waals surface area contributed by atoms with Crippen LogP contribution in [-0.4, -0.2) is 36.6 Å². The molecule has 0 spiro atoms. The Hall–Kier alpha value is -0.780. The molecule has 0 atom stereocenters. The Morgan fingerprint density at radius 1 is 1.25 bits per heavy atom. The van der Waals surface area contributed by atoms with E-state index in [-0.39, 0.29) is 18.4 Å². The largest absolute Gasteiger partial charge is 0.406 e. The fraction of sp³-hybridized carbons (Fsp3) is 0.929. The smallest absolute Gasteiger partial charge is 0.334 e. The van der Waals surface area contributed by atoms with Gasteiger partial charge in [-0.2, -0.15) is 13.2 Å². The highest BCUT2D eigenvalue weighted by Gasteiger charge is 2.37. The number of nitrogens with zero attached hydrogens (tertiary/aromatic N) is 1. The zero-order chi connectivity index (χ0) is 15.2. The van der Waals surface area contributed by atoms with Crippen molar-refractivity contribution in [1.29, 1.82) is 0 Å². The topological polar surface area (TPSA) is 46.3 Å². The highest BCUT2D eigenvalue weighted by Crippen LogP contribution is 2.39. The van der Waals surface area contributed by atoms with Gasteiger partial charge in [-0.1, -0.05) is 26.2 Å². The number of carbonyl (C=O) groups excluding carboxylic acids is 1. The molecule has 1 amide bonds. The van der Waals surface area contributed by atoms with Gasteiger partial charge < -0.3 is 10.6 Å². The van der Waals surface area contributed by atoms with Crippen LogP contribution in [0.25, 0.3) is 0 Å². The molecule has 1 fully saturated rings. The van der Waals surface area contributed by atoms with E-state index in [9.17, 15) is 18.0 Å². The molecule has 0 radical (unpaired) electrons. The van der Waals surface area contributed by atoms with Gasteiger partial charge >= 0.3 is 6.18 Å². The molecule has 6 heteroatoms. The summed E-state index contributed by atoms with van der Waals surface area (Å²) >= 11 is 0. The molecule has 1 aliphatic carbocycles. The molecule has 0 bridgehead atoms. The van der Waals surface area contributed by atoms with Crippen LogP contribution < -0.4 is 5.73 Å². The van der Waals surface area contributed by atoms with Crippen LogP contribution in [0.5, 0.6) is 0 Å². The number of nitrogens with two attached hydrogens (primary N) is 1. The zero-order valence-corrected chi connectivity index (χ0v) is 12.1. The Labute approximate surface area is 118 Å². The van der Waals surface area contributed by atoms with E-state index in [2.05, 4.69) is 0 Å². The predicted octanol–water partition coefficient (Wildman–Crippen LogP) is 3.09. The standard InChI is InChI=1S/C14H25F3N2O/c1-2-8-19(11-14(15,16)17)12(20)9-13(10-18)6-4-3-5-7-13/h2-11,18H2,1H3. The number of alkyl halides is 3. The second-order valence-corrected chi connectivity index (χ2v) is 5.87. The minimum Gasteiger partial charge on any atom is -0.334 e. The Balaban J connectivity index is 2.68. The third-order valence-corrected chi connectivity index (χ3v) is 4.09. The zero-order valence-electron chi connectivity index (χ0n) is 12.1. The average molecular weight is 294 g/mol. The number of hydrogen-bond acceptors (Lipinski definition) is 2. The summed E-state index contributed by atoms with van der Waals surface area (Å²) in [6, 6.07) is 0. The lowest BCUT2D eigenvalue weighted by atomic mass is 9.71. The van der Waals surface area contributed by atoms with Gasteiger partial charge in [0, 0.05) is 13.0 Å². The van der Waals surface area contributed by atoms with Crippen molar-refractivity contribution in [2.75, 3.05) is 19.6 Å². The summed E-state index contributed by atoms with van der Waals surface area (Å²) in [6.45, 7) is 1.15. The van der Waals surface area contributed by atoms with E-state index in [0.29, 0.717) is 13.0 Å². The van der Waals surface area contributed by atoms with E-state index in [0.717, 1.165) is 37.0 Å². The third-order valence-electron chi connectivity index (χ3n) is 4.09. The summed E-state index contributed by atoms with van der Waals surface area (Å²) in [5.74, 6) is -0.406. The molecular weight excluding hydrogens is 269 g/mol. The van der Waals surface area contributed by atoms with Crippen molar-refractivity contribution in [2.24, 2.45) is 11.1 Å². The minimum absolute atomic E-state index is 0.152. The molecule has 2 N–H and O–H groups in total. The van der Waals surface area contributed by atoms with Gasteiger partial charge in [-0.15, -0.1) is 0 Å². The summed E-state index contributed by atoms with van der Waals surface area (Å²) < 4.78 is 37.6. The van der Waals surface area contributed by atoms with Crippen LogP contribution >= 0.6 is 0 Å². The Morgan fingerprint density at radius 2 is 1.85 bits per heavy atom. The highest BCUT2D eigenvalue weighted by molar-refractivity contribution is 5.77. The van der Waals surface area contributed by atoms with Crippen LogP contribution in [0.15, 0.2) is 0 Å². The van der Waals surface area contributed by atoms with Crippen LogP contribution in [0.2, 0.25) is 0 Å². The van der Waals surface area contributed by atoms with E-state index < -0.39 is 18.6 Å². The minimum atomic E-state index is -4.34. The van der Waals surface area contributed by atoms with E-state index in [1.54, 1.807) is 6.92 Å². The summed E-state index contributed by atoms with van der Waals surface area (Å²) in [5.41, 5.74) is 5.51. The average Bonchev–Trinajstić information content (AvgIpc) is 2.38. The fourth-order valence-corrected chi connectivity index (χ4v) is 2.97. The summed E-state index contributed by atoms with van der Waals surface area (Å²) in [4.78, 5) is 13.2. The van der Waals surface area contributed by atoms with Crippen molar-refractivity contribution in [1.82, 2.24) is 4.90 Å². The Morgan fingerprint density at radius 3 is 2.30 bits per heavy atom. The molecular formula is C14H25F3N2O. The van der Waals surface area contributed by atoms with Crippen LogP contribution in [0.4, 0.5) is 13.2 Å². The van der Waals surface area contributed by atoms with Gasteiger partial charge in [0.1, 0.15) is 6.54 Å². The molecule has 1 rings (SSSR count). The van der Waals surface area contributed by atoms with E-state index in [1.165, 1.54) is 0 Å². The third kappa shape index (κ3) is 5.31. The van der Waals surface area contributed by atoms with Crippen molar-refractivity contribution in [3.05, 3.63) is 0 Å². The van der Waals surface area contributed by atoms with E-state index >= 15 is 0 Å². The fourth-order valence-electron chi connectivity index (χ4n) is 2.97. The molecule has 1 aliphatic rings. The maximum Gasteiger partial charge on any atom is 0.406 e. The first-order chi connectivity index (χ1) is 9.32. The lowest BCUT2D eigenvalue weighted by Crippen LogP contribution is -2.44. The molecule has 20 heavy (non-hydrogen) atoms. The molecule has 1 saturated carbocycles. The Kier molecular flexibility index (Phi) is 6.30. The first-order valence-electron chi connectivity index (χ1n) is 7.36. The van der Waals surface area contributed by atoms with Crippen LogP contribution in [0.1, 0.15) is 51.9 Å². The van der Waals surface area contributed by atoms with Gasteiger partial charge in [0.05, 0.1) is 0 Å². The van der Waals surface area contributed by atoms with Gasteiger partial charge in [0.15, 0.2) is 0 Å². The number of amides is 1. The Bertz CT molecular complexity index is 312. The second kappa shape index (κ2) is 7.29. The molecule has 118 valence electrons. The van der Waals surface area contributed by atoms with Crippen molar-refractivity contribution < 1.29 is 18.0 Å². The van der Waals surface area contributed by atoms with E-state index in [4.69, 9.17) is 5.73 Å². The van der Waals surface area contributed by atoms with Gasteiger partial charge in [-0.3, -0.25) is 4.79 Å². The normalized spacial score (nSPS) is 18.9. The van der Waals surface area contributed by atoms with Crippen LogP contribution in [-0.2, 0) is 4.79 Å². The number of halogens is 3. The molecule has 0 aromatic carbocycles. The van der Waals surface area contributed by atoms with Crippen molar-refractivity contribution in [3.63, 3.8) is 0 Å². The molecule has 0 aliphatic heterocycles. The molecule has 0 aromatic rings. The van der Waals surface area contributed by atoms with Crippen molar-refractivity contribution >= 4 is 5.91 Å². The second-order valence-electron chi connectivity index (χ2n) is 5.87. The monoisotopic (exact) mass is 294 g/mol. The van der Waals surface area contributed by atoms with Crippen molar-refractivity contribution in [3.8, 4) is 0 Å². The predicted molar refractivity (Wildman–Crippen MR) is 72.1 cm³/mol. The summed E-state index contributed by atoms with van der Waals surface area (Å²) in [6.07, 6.45) is 1.18. The van der Waals surface area contributed by atoms with Crippen LogP contribution in [0, 0.1) is 5.41 Å². The molecule has 0 unspecified atom stereocenters. The number of carbonyl (C=O) groups is 1. The number of hydrogen-bond donors (Lipinski definition) is 1. The van der Waals surface area contributed by atoms with Gasteiger partial charge in [-0.25, -0.2) is 0 Å². The SMILES string of the molecule is CCCN(CC(F)(F)F)C(=O)CC1(CN)CCCCC1.